The lowest BCUT2D eigenvalue weighted by molar-refractivity contribution is -0.143. The first-order chi connectivity index (χ1) is 22.1. The van der Waals surface area contributed by atoms with Crippen LogP contribution in [0.3, 0.4) is 0 Å². The number of hydrogen-bond acceptors (Lipinski definition) is 9. The summed E-state index contributed by atoms with van der Waals surface area (Å²) in [5.41, 5.74) is 2.69. The Morgan fingerprint density at radius 3 is 2.37 bits per heavy atom. The van der Waals surface area contributed by atoms with Gasteiger partial charge in [-0.15, -0.1) is 0 Å². The van der Waals surface area contributed by atoms with Crippen LogP contribution in [0.25, 0.3) is 0 Å². The number of nitrogens with one attached hydrogen (secondary N) is 1. The average Bonchev–Trinajstić information content (AvgIpc) is 3.49. The van der Waals surface area contributed by atoms with Gasteiger partial charge in [0.25, 0.3) is 0 Å². The lowest BCUT2D eigenvalue weighted by atomic mass is 9.87. The Morgan fingerprint density at radius 1 is 0.978 bits per heavy atom. The highest BCUT2D eigenvalue weighted by atomic mass is 16.7. The fraction of sp³-hybridized carbons (Fsp3) is 0.429. The van der Waals surface area contributed by atoms with E-state index in [4.69, 9.17) is 28.4 Å². The van der Waals surface area contributed by atoms with Crippen LogP contribution in [0.1, 0.15) is 49.1 Å². The molecule has 0 radical (unpaired) electrons. The van der Waals surface area contributed by atoms with Crippen LogP contribution in [-0.2, 0) is 33.7 Å². The Hall–Kier alpha value is -4.48. The van der Waals surface area contributed by atoms with E-state index in [-0.39, 0.29) is 26.4 Å². The molecule has 0 aromatic heterocycles. The Labute approximate surface area is 269 Å². The molecule has 1 unspecified atom stereocenters. The van der Waals surface area contributed by atoms with Crippen molar-refractivity contribution in [2.24, 2.45) is 0 Å². The first-order valence-electron chi connectivity index (χ1n) is 15.3. The number of nitrogens with zero attached hydrogens (tertiary/aromatic N) is 1. The van der Waals surface area contributed by atoms with Crippen LogP contribution in [0.4, 0.5) is 4.79 Å². The van der Waals surface area contributed by atoms with Crippen LogP contribution in [0.5, 0.6) is 23.0 Å². The predicted molar refractivity (Wildman–Crippen MR) is 169 cm³/mol. The highest BCUT2D eigenvalue weighted by Gasteiger charge is 2.42. The fourth-order valence-corrected chi connectivity index (χ4v) is 5.84. The van der Waals surface area contributed by atoms with Gasteiger partial charge in [-0.1, -0.05) is 36.4 Å². The van der Waals surface area contributed by atoms with Crippen LogP contribution in [0.2, 0.25) is 0 Å². The van der Waals surface area contributed by atoms with Gasteiger partial charge in [0.15, 0.2) is 23.0 Å². The number of aliphatic hydroxyl groups excluding tert-OH is 1. The number of carbonyl (C=O) groups is 2. The third-order valence-electron chi connectivity index (χ3n) is 7.91. The van der Waals surface area contributed by atoms with Crippen LogP contribution in [0, 0.1) is 0 Å². The molecule has 2 amide bonds. The lowest BCUT2D eigenvalue weighted by Gasteiger charge is -2.44. The molecule has 0 spiro atoms. The maximum absolute atomic E-state index is 14.7. The van der Waals surface area contributed by atoms with Gasteiger partial charge in [0, 0.05) is 6.42 Å². The first kappa shape index (κ1) is 32.9. The van der Waals surface area contributed by atoms with Gasteiger partial charge >= 0.3 is 6.09 Å². The standard InChI is InChI=1S/C35H42N2O9/c1-35(2,3)46-34(40)36-27(13-23-11-12-29(41-4)30(14-23)42-5)33(39)37-25(18-38)15-24-16-31-32(45-21-44-31)17-26(24)28(37)20-43-19-22-9-7-6-8-10-22/h6-12,14,16-17,25,27-28,38H,13,15,18-21H2,1-5H3,(H,36,40)/t25-,27-,28?/m0/s1. The van der Waals surface area contributed by atoms with Crippen molar-refractivity contribution in [1.82, 2.24) is 10.2 Å². The van der Waals surface area contributed by atoms with E-state index in [0.29, 0.717) is 36.0 Å². The SMILES string of the molecule is COc1ccc(C[C@H](NC(=O)OC(C)(C)C)C(=O)N2C(COCc3ccccc3)c3cc4c(cc3C[C@H]2CO)OCO4)cc1OC. The van der Waals surface area contributed by atoms with E-state index in [1.165, 1.54) is 7.11 Å². The second-order valence-corrected chi connectivity index (χ2v) is 12.3. The van der Waals surface area contributed by atoms with Crippen molar-refractivity contribution in [2.75, 3.05) is 34.2 Å². The molecule has 3 aromatic rings. The molecule has 3 atom stereocenters. The number of aliphatic hydroxyl groups is 1. The van der Waals surface area contributed by atoms with Crippen LogP contribution >= 0.6 is 0 Å². The highest BCUT2D eigenvalue weighted by molar-refractivity contribution is 5.87. The van der Waals surface area contributed by atoms with Crippen molar-refractivity contribution in [1.29, 1.82) is 0 Å². The van der Waals surface area contributed by atoms with E-state index in [1.807, 2.05) is 48.5 Å². The molecule has 11 nitrogen and oxygen atoms in total. The van der Waals surface area contributed by atoms with E-state index in [9.17, 15) is 14.7 Å². The smallest absolute Gasteiger partial charge is 0.408 e. The predicted octanol–water partition coefficient (Wildman–Crippen LogP) is 4.57. The number of carbonyl (C=O) groups excluding carboxylic acids is 2. The summed E-state index contributed by atoms with van der Waals surface area (Å²) in [5.74, 6) is 1.84. The fourth-order valence-electron chi connectivity index (χ4n) is 5.84. The van der Waals surface area contributed by atoms with Crippen molar-refractivity contribution >= 4 is 12.0 Å². The van der Waals surface area contributed by atoms with E-state index in [1.54, 1.807) is 44.9 Å². The lowest BCUT2D eigenvalue weighted by Crippen LogP contribution is -2.57. The summed E-state index contributed by atoms with van der Waals surface area (Å²) in [4.78, 5) is 29.5. The molecule has 0 saturated heterocycles. The van der Waals surface area contributed by atoms with Crippen molar-refractivity contribution < 1.29 is 43.1 Å². The Morgan fingerprint density at radius 2 is 1.70 bits per heavy atom. The molecule has 2 heterocycles. The summed E-state index contributed by atoms with van der Waals surface area (Å²) in [6.45, 7) is 5.53. The summed E-state index contributed by atoms with van der Waals surface area (Å²) >= 11 is 0. The van der Waals surface area contributed by atoms with Gasteiger partial charge in [0.1, 0.15) is 11.6 Å². The van der Waals surface area contributed by atoms with E-state index in [2.05, 4.69) is 5.32 Å². The van der Waals surface area contributed by atoms with E-state index < -0.39 is 35.7 Å². The Kier molecular flexibility index (Phi) is 10.2. The number of methoxy groups -OCH3 is 2. The minimum absolute atomic E-state index is 0.104. The molecule has 0 fully saturated rings. The van der Waals surface area contributed by atoms with Crippen LogP contribution in [0.15, 0.2) is 60.7 Å². The molecule has 2 N–H and O–H groups in total. The molecule has 0 saturated carbocycles. The number of benzene rings is 3. The third-order valence-corrected chi connectivity index (χ3v) is 7.91. The molecular formula is C35H42N2O9. The normalized spacial score (nSPS) is 17.6. The Bertz CT molecular complexity index is 1520. The maximum atomic E-state index is 14.7. The third kappa shape index (κ3) is 7.66. The summed E-state index contributed by atoms with van der Waals surface area (Å²) in [6.07, 6.45) is -0.234. The van der Waals surface area contributed by atoms with Gasteiger partial charge < -0.3 is 43.7 Å². The molecule has 11 heteroatoms. The molecule has 0 aliphatic carbocycles. The number of fused-ring (bicyclic) bond motifs is 2. The molecule has 246 valence electrons. The zero-order chi connectivity index (χ0) is 32.8. The number of ether oxygens (including phenoxy) is 6. The van der Waals surface area contributed by atoms with Gasteiger partial charge in [0.05, 0.1) is 46.1 Å². The van der Waals surface area contributed by atoms with Crippen molar-refractivity contribution in [3.8, 4) is 23.0 Å². The molecule has 0 bridgehead atoms. The van der Waals surface area contributed by atoms with Gasteiger partial charge in [-0.25, -0.2) is 4.79 Å². The number of rotatable bonds is 11. The molecule has 2 aliphatic heterocycles. The quantitative estimate of drug-likeness (QED) is 0.312. The van der Waals surface area contributed by atoms with Crippen molar-refractivity contribution in [3.63, 3.8) is 0 Å². The molecule has 46 heavy (non-hydrogen) atoms. The first-order valence-corrected chi connectivity index (χ1v) is 15.3. The Balaban J connectivity index is 1.51. The summed E-state index contributed by atoms with van der Waals surface area (Å²) in [5, 5.41) is 13.5. The second kappa shape index (κ2) is 14.3. The number of hydrogen-bond donors (Lipinski definition) is 2. The summed E-state index contributed by atoms with van der Waals surface area (Å²) in [6, 6.07) is 16.6. The van der Waals surface area contributed by atoms with Crippen LogP contribution in [-0.4, -0.2) is 73.9 Å². The van der Waals surface area contributed by atoms with Crippen LogP contribution < -0.4 is 24.3 Å². The number of amides is 2. The minimum Gasteiger partial charge on any atom is -0.493 e. The molecule has 2 aliphatic rings. The van der Waals surface area contributed by atoms with Gasteiger partial charge in [-0.2, -0.15) is 0 Å². The molecule has 5 rings (SSSR count). The zero-order valence-electron chi connectivity index (χ0n) is 26.9. The van der Waals surface area contributed by atoms with E-state index in [0.717, 1.165) is 22.3 Å². The monoisotopic (exact) mass is 634 g/mol. The average molecular weight is 635 g/mol. The van der Waals surface area contributed by atoms with Gasteiger partial charge in [0.2, 0.25) is 12.7 Å². The van der Waals surface area contributed by atoms with Crippen molar-refractivity contribution in [2.45, 2.75) is 63.9 Å². The second-order valence-electron chi connectivity index (χ2n) is 12.3. The largest absolute Gasteiger partial charge is 0.493 e. The van der Waals surface area contributed by atoms with Gasteiger partial charge in [-0.3, -0.25) is 4.79 Å². The van der Waals surface area contributed by atoms with Crippen molar-refractivity contribution in [3.05, 3.63) is 82.9 Å². The van der Waals surface area contributed by atoms with Gasteiger partial charge in [-0.05, 0) is 73.7 Å². The highest BCUT2D eigenvalue weighted by Crippen LogP contribution is 2.42. The molecular weight excluding hydrogens is 592 g/mol. The topological polar surface area (TPSA) is 125 Å². The minimum atomic E-state index is -1.05. The summed E-state index contributed by atoms with van der Waals surface area (Å²) in [7, 11) is 3.08. The maximum Gasteiger partial charge on any atom is 0.408 e. The molecule has 3 aromatic carbocycles. The summed E-state index contributed by atoms with van der Waals surface area (Å²) < 4.78 is 34.0. The zero-order valence-corrected chi connectivity index (χ0v) is 26.9. The number of alkyl carbamates (subject to hydrolysis) is 1. The van der Waals surface area contributed by atoms with E-state index >= 15 is 0 Å².